The second kappa shape index (κ2) is 14.5. The summed E-state index contributed by atoms with van der Waals surface area (Å²) in [5.74, 6) is 0.0960. The number of hydrogen-bond donors (Lipinski definition) is 2. The van der Waals surface area contributed by atoms with Crippen LogP contribution in [0.3, 0.4) is 0 Å². The van der Waals surface area contributed by atoms with Crippen LogP contribution < -0.4 is 0 Å². The summed E-state index contributed by atoms with van der Waals surface area (Å²) in [6.45, 7) is 2.61. The molecule has 2 N–H and O–H groups in total. The molecule has 0 aromatic heterocycles. The second-order valence-electron chi connectivity index (χ2n) is 7.76. The lowest BCUT2D eigenvalue weighted by atomic mass is 10.0. The van der Waals surface area contributed by atoms with Crippen LogP contribution in [-0.4, -0.2) is 46.3 Å². The van der Waals surface area contributed by atoms with Crippen molar-refractivity contribution < 1.29 is 15.0 Å². The number of amides is 1. The maximum atomic E-state index is 12.2. The fourth-order valence-electron chi connectivity index (χ4n) is 3.81. The average molecular weight is 356 g/mol. The van der Waals surface area contributed by atoms with Crippen LogP contribution >= 0.6 is 0 Å². The fraction of sp³-hybridized carbons (Fsp3) is 0.952. The Hall–Kier alpha value is -0.610. The number of aliphatic hydroxyl groups is 2. The Morgan fingerprint density at radius 2 is 1.36 bits per heavy atom. The molecule has 0 aliphatic carbocycles. The minimum Gasteiger partial charge on any atom is -0.394 e. The van der Waals surface area contributed by atoms with Crippen molar-refractivity contribution in [2.45, 2.75) is 115 Å². The number of unbranched alkanes of at least 4 members (excludes halogenated alkanes) is 12. The third-order valence-electron chi connectivity index (χ3n) is 5.42. The fourth-order valence-corrected chi connectivity index (χ4v) is 3.81. The van der Waals surface area contributed by atoms with Gasteiger partial charge in [-0.25, -0.2) is 0 Å². The Morgan fingerprint density at radius 3 is 1.84 bits per heavy atom. The van der Waals surface area contributed by atoms with Crippen LogP contribution in [-0.2, 0) is 4.79 Å². The van der Waals surface area contributed by atoms with Crippen LogP contribution in [0, 0.1) is 0 Å². The molecule has 0 unspecified atom stereocenters. The van der Waals surface area contributed by atoms with Crippen molar-refractivity contribution in [3.63, 3.8) is 0 Å². The maximum absolute atomic E-state index is 12.2. The quantitative estimate of drug-likeness (QED) is 0.427. The predicted octanol–water partition coefficient (Wildman–Crippen LogP) is 4.42. The van der Waals surface area contributed by atoms with Gasteiger partial charge in [0.15, 0.2) is 0 Å². The number of nitrogens with zero attached hydrogens (tertiary/aromatic N) is 1. The number of carbonyl (C=O) groups excluding carboxylic acids is 1. The van der Waals surface area contributed by atoms with Crippen molar-refractivity contribution in [2.75, 3.05) is 13.2 Å². The summed E-state index contributed by atoms with van der Waals surface area (Å²) in [5.41, 5.74) is 0. The van der Waals surface area contributed by atoms with Gasteiger partial charge in [0.05, 0.1) is 18.8 Å². The summed E-state index contributed by atoms with van der Waals surface area (Å²) < 4.78 is 0. The largest absolute Gasteiger partial charge is 0.394 e. The van der Waals surface area contributed by atoms with Gasteiger partial charge in [0, 0.05) is 13.0 Å². The van der Waals surface area contributed by atoms with E-state index in [4.69, 9.17) is 0 Å². The molecular weight excluding hydrogens is 314 g/mol. The lowest BCUT2D eigenvalue weighted by molar-refractivity contribution is -0.133. The summed E-state index contributed by atoms with van der Waals surface area (Å²) in [6, 6.07) is -0.176. The smallest absolute Gasteiger partial charge is 0.222 e. The van der Waals surface area contributed by atoms with Crippen LogP contribution in [0.1, 0.15) is 103 Å². The van der Waals surface area contributed by atoms with E-state index in [1.54, 1.807) is 4.90 Å². The normalized spacial score (nSPS) is 20.4. The molecule has 1 saturated heterocycles. The zero-order chi connectivity index (χ0) is 18.3. The van der Waals surface area contributed by atoms with E-state index in [1.165, 1.54) is 70.6 Å². The monoisotopic (exact) mass is 355 g/mol. The molecule has 0 radical (unpaired) electrons. The maximum Gasteiger partial charge on any atom is 0.222 e. The number of aliphatic hydroxyl groups excluding tert-OH is 2. The minimum atomic E-state index is -0.465. The molecule has 0 spiro atoms. The molecule has 1 amide bonds. The number of carbonyl (C=O) groups is 1. The van der Waals surface area contributed by atoms with Crippen molar-refractivity contribution >= 4 is 5.91 Å². The molecular formula is C21H41NO3. The Balaban J connectivity index is 1.88. The van der Waals surface area contributed by atoms with Gasteiger partial charge in [0.2, 0.25) is 5.91 Å². The highest BCUT2D eigenvalue weighted by molar-refractivity contribution is 5.76. The first kappa shape index (κ1) is 22.4. The zero-order valence-corrected chi connectivity index (χ0v) is 16.4. The van der Waals surface area contributed by atoms with Gasteiger partial charge in [-0.15, -0.1) is 0 Å². The molecule has 0 aromatic carbocycles. The molecule has 0 saturated carbocycles. The Kier molecular flexibility index (Phi) is 13.1. The summed E-state index contributed by atoms with van der Waals surface area (Å²) in [5, 5.41) is 18.9. The molecule has 148 valence electrons. The van der Waals surface area contributed by atoms with E-state index in [2.05, 4.69) is 6.92 Å². The number of hydrogen-bond acceptors (Lipinski definition) is 3. The van der Waals surface area contributed by atoms with E-state index in [0.29, 0.717) is 19.4 Å². The average Bonchev–Trinajstić information content (AvgIpc) is 3.00. The molecule has 1 heterocycles. The van der Waals surface area contributed by atoms with E-state index >= 15 is 0 Å². The molecule has 1 rings (SSSR count). The molecule has 2 atom stereocenters. The van der Waals surface area contributed by atoms with Crippen LogP contribution in [0.5, 0.6) is 0 Å². The lowest BCUT2D eigenvalue weighted by Crippen LogP contribution is -2.37. The van der Waals surface area contributed by atoms with Crippen LogP contribution in [0.25, 0.3) is 0 Å². The molecule has 1 fully saturated rings. The third kappa shape index (κ3) is 10.2. The van der Waals surface area contributed by atoms with Gasteiger partial charge in [-0.3, -0.25) is 4.79 Å². The standard InChI is InChI=1S/C21H41NO3/c1-2-3-4-5-6-7-8-9-10-11-12-13-14-15-21(25)22-17-20(24)16-19(22)18-23/h19-20,23-24H,2-18H2,1H3/t19-,20+/m0/s1. The van der Waals surface area contributed by atoms with Crippen molar-refractivity contribution in [3.8, 4) is 0 Å². The van der Waals surface area contributed by atoms with Crippen LogP contribution in [0.15, 0.2) is 0 Å². The van der Waals surface area contributed by atoms with Crippen molar-refractivity contribution in [2.24, 2.45) is 0 Å². The van der Waals surface area contributed by atoms with E-state index in [-0.39, 0.29) is 18.6 Å². The Labute approximate surface area is 155 Å². The minimum absolute atomic E-state index is 0.0403. The SMILES string of the molecule is CCCCCCCCCCCCCCCC(=O)N1C[C@H](O)C[C@H]1CO. The van der Waals surface area contributed by atoms with Crippen LogP contribution in [0.4, 0.5) is 0 Å². The predicted molar refractivity (Wildman–Crippen MR) is 104 cm³/mol. The Bertz CT molecular complexity index is 335. The Morgan fingerprint density at radius 1 is 0.880 bits per heavy atom. The van der Waals surface area contributed by atoms with Crippen molar-refractivity contribution in [1.29, 1.82) is 0 Å². The number of β-amino-alcohol motifs (C(OH)–C–C–N with tert-alkyl or cyclic N) is 1. The van der Waals surface area contributed by atoms with E-state index in [0.717, 1.165) is 12.8 Å². The van der Waals surface area contributed by atoms with E-state index in [9.17, 15) is 15.0 Å². The lowest BCUT2D eigenvalue weighted by Gasteiger charge is -2.22. The van der Waals surface area contributed by atoms with Gasteiger partial charge in [0.25, 0.3) is 0 Å². The van der Waals surface area contributed by atoms with Crippen molar-refractivity contribution in [1.82, 2.24) is 4.90 Å². The molecule has 0 bridgehead atoms. The van der Waals surface area contributed by atoms with Crippen LogP contribution in [0.2, 0.25) is 0 Å². The highest BCUT2D eigenvalue weighted by atomic mass is 16.3. The molecule has 1 aliphatic heterocycles. The second-order valence-corrected chi connectivity index (χ2v) is 7.76. The third-order valence-corrected chi connectivity index (χ3v) is 5.42. The van der Waals surface area contributed by atoms with E-state index < -0.39 is 6.10 Å². The van der Waals surface area contributed by atoms with Gasteiger partial charge in [-0.05, 0) is 12.8 Å². The first-order valence-corrected chi connectivity index (χ1v) is 10.8. The summed E-state index contributed by atoms with van der Waals surface area (Å²) in [4.78, 5) is 13.8. The number of rotatable bonds is 15. The zero-order valence-electron chi connectivity index (χ0n) is 16.4. The summed E-state index contributed by atoms with van der Waals surface area (Å²) >= 11 is 0. The van der Waals surface area contributed by atoms with Gasteiger partial charge in [-0.1, -0.05) is 84.0 Å². The van der Waals surface area contributed by atoms with Gasteiger partial charge in [-0.2, -0.15) is 0 Å². The topological polar surface area (TPSA) is 60.8 Å². The van der Waals surface area contributed by atoms with Gasteiger partial charge in [0.1, 0.15) is 0 Å². The van der Waals surface area contributed by atoms with E-state index in [1.807, 2.05) is 0 Å². The van der Waals surface area contributed by atoms with Crippen molar-refractivity contribution in [3.05, 3.63) is 0 Å². The highest BCUT2D eigenvalue weighted by Crippen LogP contribution is 2.19. The highest BCUT2D eigenvalue weighted by Gasteiger charge is 2.33. The van der Waals surface area contributed by atoms with Gasteiger partial charge >= 0.3 is 0 Å². The molecule has 4 heteroatoms. The molecule has 1 aliphatic rings. The summed E-state index contributed by atoms with van der Waals surface area (Å²) in [7, 11) is 0. The van der Waals surface area contributed by atoms with Gasteiger partial charge < -0.3 is 15.1 Å². The first-order chi connectivity index (χ1) is 12.2. The summed E-state index contributed by atoms with van der Waals surface area (Å²) in [6.07, 6.45) is 17.6. The number of likely N-dealkylation sites (tertiary alicyclic amines) is 1. The molecule has 0 aromatic rings. The molecule has 4 nitrogen and oxygen atoms in total. The first-order valence-electron chi connectivity index (χ1n) is 10.8. The molecule has 25 heavy (non-hydrogen) atoms.